The van der Waals surface area contributed by atoms with Crippen molar-refractivity contribution < 1.29 is 44.9 Å². The van der Waals surface area contributed by atoms with Gasteiger partial charge in [0.2, 0.25) is 6.29 Å². The fraction of sp³-hybridized carbons (Fsp3) is 0.421. The number of carbonyl (C=O) groups is 1. The summed E-state index contributed by atoms with van der Waals surface area (Å²) >= 11 is 0. The predicted molar refractivity (Wildman–Crippen MR) is 96.4 cm³/mol. The molecule has 0 aliphatic carbocycles. The first kappa shape index (κ1) is 20.3. The van der Waals surface area contributed by atoms with Crippen LogP contribution in [0.25, 0.3) is 10.8 Å². The smallest absolute Gasteiger partial charge is 0.229 e. The van der Waals surface area contributed by atoms with Crippen LogP contribution in [-0.4, -0.2) is 73.7 Å². The minimum Gasteiger partial charge on any atom is -0.508 e. The maximum absolute atomic E-state index is 11.9. The molecule has 1 fully saturated rings. The number of ether oxygens (including phenoxy) is 2. The Balaban J connectivity index is 2.10. The highest BCUT2D eigenvalue weighted by Crippen LogP contribution is 2.41. The lowest BCUT2D eigenvalue weighted by Crippen LogP contribution is -2.60. The van der Waals surface area contributed by atoms with Gasteiger partial charge in [-0.3, -0.25) is 4.79 Å². The summed E-state index contributed by atoms with van der Waals surface area (Å²) in [6, 6.07) is 4.11. The van der Waals surface area contributed by atoms with E-state index in [4.69, 9.17) is 9.47 Å². The second kappa shape index (κ2) is 7.53. The van der Waals surface area contributed by atoms with Crippen molar-refractivity contribution in [1.82, 2.24) is 0 Å². The van der Waals surface area contributed by atoms with Gasteiger partial charge < -0.3 is 40.1 Å². The molecule has 2 aromatic rings. The first-order valence-corrected chi connectivity index (χ1v) is 8.63. The number of phenols is 2. The Morgan fingerprint density at radius 3 is 2.39 bits per heavy atom. The highest BCUT2D eigenvalue weighted by atomic mass is 16.7. The van der Waals surface area contributed by atoms with Gasteiger partial charge in [-0.1, -0.05) is 6.07 Å². The number of hydrogen-bond donors (Lipinski definition) is 6. The molecule has 1 heterocycles. The van der Waals surface area contributed by atoms with Gasteiger partial charge in [0, 0.05) is 6.07 Å². The number of carbonyl (C=O) groups excluding carboxylic acids is 1. The normalized spacial score (nSPS) is 27.7. The van der Waals surface area contributed by atoms with Crippen LogP contribution in [0.4, 0.5) is 0 Å². The molecular weight excluding hydrogens is 372 g/mol. The zero-order valence-corrected chi connectivity index (χ0v) is 15.2. The number of fused-ring (bicyclic) bond motifs is 1. The van der Waals surface area contributed by atoms with Crippen LogP contribution in [0.3, 0.4) is 0 Å². The van der Waals surface area contributed by atoms with Gasteiger partial charge in [-0.15, -0.1) is 0 Å². The summed E-state index contributed by atoms with van der Waals surface area (Å²) in [7, 11) is 0. The Kier molecular flexibility index (Phi) is 5.46. The van der Waals surface area contributed by atoms with Crippen LogP contribution in [0.15, 0.2) is 18.2 Å². The quantitative estimate of drug-likeness (QED) is 0.391. The van der Waals surface area contributed by atoms with Gasteiger partial charge in [-0.05, 0) is 30.9 Å². The van der Waals surface area contributed by atoms with Crippen molar-refractivity contribution in [3.8, 4) is 17.2 Å². The van der Waals surface area contributed by atoms with E-state index in [1.807, 2.05) is 0 Å². The van der Waals surface area contributed by atoms with E-state index < -0.39 is 37.3 Å². The van der Waals surface area contributed by atoms with Crippen LogP contribution in [0.1, 0.15) is 22.8 Å². The summed E-state index contributed by atoms with van der Waals surface area (Å²) in [5.41, 5.74) is 0.582. The molecule has 0 unspecified atom stereocenters. The van der Waals surface area contributed by atoms with Crippen molar-refractivity contribution in [3.05, 3.63) is 29.3 Å². The van der Waals surface area contributed by atoms with E-state index in [9.17, 15) is 35.4 Å². The summed E-state index contributed by atoms with van der Waals surface area (Å²) in [5.74, 6) is -1.05. The van der Waals surface area contributed by atoms with Gasteiger partial charge in [0.1, 0.15) is 41.7 Å². The number of aliphatic hydroxyl groups excluding tert-OH is 4. The van der Waals surface area contributed by atoms with E-state index in [-0.39, 0.29) is 34.0 Å². The lowest BCUT2D eigenvalue weighted by molar-refractivity contribution is -0.277. The molecule has 3 rings (SSSR count). The third kappa shape index (κ3) is 3.38. The van der Waals surface area contributed by atoms with Crippen molar-refractivity contribution in [1.29, 1.82) is 0 Å². The maximum Gasteiger partial charge on any atom is 0.229 e. The lowest BCUT2D eigenvalue weighted by Gasteiger charge is -2.39. The van der Waals surface area contributed by atoms with Gasteiger partial charge >= 0.3 is 0 Å². The van der Waals surface area contributed by atoms with Crippen molar-refractivity contribution in [2.24, 2.45) is 0 Å². The number of phenolic OH excluding ortho intramolecular Hbond substituents is 2. The number of hydrogen-bond acceptors (Lipinski definition) is 9. The van der Waals surface area contributed by atoms with Crippen LogP contribution in [0, 0.1) is 6.92 Å². The number of aromatic hydroxyl groups is 2. The molecule has 6 N–H and O–H groups in total. The molecular formula is C19H22O9. The number of ketones is 1. The van der Waals surface area contributed by atoms with Crippen LogP contribution in [0.5, 0.6) is 17.2 Å². The van der Waals surface area contributed by atoms with Gasteiger partial charge in [0.25, 0.3) is 0 Å². The number of aliphatic hydroxyl groups is 4. The van der Waals surface area contributed by atoms with E-state index in [0.717, 1.165) is 6.07 Å². The highest BCUT2D eigenvalue weighted by molar-refractivity contribution is 6.07. The monoisotopic (exact) mass is 394 g/mol. The second-order valence-electron chi connectivity index (χ2n) is 6.83. The van der Waals surface area contributed by atoms with E-state index >= 15 is 0 Å². The first-order valence-electron chi connectivity index (χ1n) is 8.63. The number of Topliss-reactive ketones (excluding diaryl/α,β-unsaturated/α-hetero) is 1. The Labute approximate surface area is 160 Å². The first-order chi connectivity index (χ1) is 13.1. The minimum absolute atomic E-state index is 0.0804. The van der Waals surface area contributed by atoms with E-state index in [0.29, 0.717) is 10.9 Å². The molecule has 1 aliphatic heterocycles. The van der Waals surface area contributed by atoms with Crippen molar-refractivity contribution in [3.63, 3.8) is 0 Å². The lowest BCUT2D eigenvalue weighted by atomic mass is 9.97. The summed E-state index contributed by atoms with van der Waals surface area (Å²) in [6.45, 7) is 2.30. The zero-order chi connectivity index (χ0) is 20.7. The molecule has 0 bridgehead atoms. The summed E-state index contributed by atoms with van der Waals surface area (Å²) in [4.78, 5) is 11.9. The Morgan fingerprint density at radius 1 is 1.11 bits per heavy atom. The van der Waals surface area contributed by atoms with Gasteiger partial charge in [0.15, 0.2) is 5.78 Å². The molecule has 152 valence electrons. The molecule has 28 heavy (non-hydrogen) atoms. The average Bonchev–Trinajstić information content (AvgIpc) is 2.61. The predicted octanol–water partition coefficient (Wildman–Crippen LogP) is -0.0593. The van der Waals surface area contributed by atoms with Crippen LogP contribution >= 0.6 is 0 Å². The van der Waals surface area contributed by atoms with Crippen molar-refractivity contribution in [2.75, 3.05) is 6.61 Å². The highest BCUT2D eigenvalue weighted by Gasteiger charge is 2.45. The summed E-state index contributed by atoms with van der Waals surface area (Å²) in [6.07, 6.45) is -7.57. The van der Waals surface area contributed by atoms with Gasteiger partial charge in [-0.2, -0.15) is 0 Å². The molecule has 1 aliphatic rings. The number of benzene rings is 2. The van der Waals surface area contributed by atoms with Crippen molar-refractivity contribution >= 4 is 16.6 Å². The third-order valence-electron chi connectivity index (χ3n) is 4.80. The molecule has 1 saturated heterocycles. The molecule has 5 atom stereocenters. The average molecular weight is 394 g/mol. The fourth-order valence-electron chi connectivity index (χ4n) is 3.43. The summed E-state index contributed by atoms with van der Waals surface area (Å²) < 4.78 is 10.9. The molecule has 0 radical (unpaired) electrons. The van der Waals surface area contributed by atoms with E-state index in [1.54, 1.807) is 13.0 Å². The van der Waals surface area contributed by atoms with E-state index in [2.05, 4.69) is 0 Å². The van der Waals surface area contributed by atoms with Crippen molar-refractivity contribution in [2.45, 2.75) is 44.6 Å². The molecule has 0 aromatic heterocycles. The number of aryl methyl sites for hydroxylation is 1. The molecule has 0 saturated carbocycles. The molecule has 0 amide bonds. The zero-order valence-electron chi connectivity index (χ0n) is 15.2. The second-order valence-corrected chi connectivity index (χ2v) is 6.83. The molecule has 9 nitrogen and oxygen atoms in total. The molecule has 9 heteroatoms. The van der Waals surface area contributed by atoms with Gasteiger partial charge in [0.05, 0.1) is 17.6 Å². The fourth-order valence-corrected chi connectivity index (χ4v) is 3.43. The number of rotatable bonds is 4. The largest absolute Gasteiger partial charge is 0.508 e. The Bertz CT molecular complexity index is 908. The van der Waals surface area contributed by atoms with Gasteiger partial charge in [-0.25, -0.2) is 0 Å². The van der Waals surface area contributed by atoms with Crippen LogP contribution < -0.4 is 4.74 Å². The molecule has 2 aromatic carbocycles. The summed E-state index contributed by atoms with van der Waals surface area (Å²) in [5, 5.41) is 60.3. The van der Waals surface area contributed by atoms with Crippen LogP contribution in [0.2, 0.25) is 0 Å². The Hall–Kier alpha value is -2.43. The third-order valence-corrected chi connectivity index (χ3v) is 4.80. The van der Waals surface area contributed by atoms with E-state index in [1.165, 1.54) is 13.0 Å². The maximum atomic E-state index is 11.9. The topological polar surface area (TPSA) is 157 Å². The molecule has 0 spiro atoms. The van der Waals surface area contributed by atoms with Crippen LogP contribution in [-0.2, 0) is 4.74 Å². The standard InChI is InChI=1S/C19H22O9/c1-7-3-9-4-10(22)5-11(14(9)16(24)13(7)8(2)21)27-19-18(26)17(25)15(23)12(6-20)28-19/h3-5,12,15,17-20,22-26H,6H2,1-2H3/t12-,15-,17+,18-,19+/m1/s1. The Morgan fingerprint density at radius 2 is 1.79 bits per heavy atom. The minimum atomic E-state index is -1.67. The SMILES string of the molecule is CC(=O)c1c(C)cc2cc(O)cc(O[C@H]3O[C@H](CO)[C@@H](O)[C@H](O)[C@H]3O)c2c1O.